The molecule has 0 spiro atoms. The van der Waals surface area contributed by atoms with Gasteiger partial charge in [0.15, 0.2) is 5.75 Å². The van der Waals surface area contributed by atoms with Crippen molar-refractivity contribution in [1.29, 1.82) is 0 Å². The molecule has 0 aliphatic carbocycles. The lowest BCUT2D eigenvalue weighted by molar-refractivity contribution is -0.388. The van der Waals surface area contributed by atoms with Crippen LogP contribution < -0.4 is 4.74 Å². The van der Waals surface area contributed by atoms with Crippen molar-refractivity contribution in [3.63, 3.8) is 0 Å². The highest BCUT2D eigenvalue weighted by atomic mass is 19.1. The summed E-state index contributed by atoms with van der Waals surface area (Å²) in [6.07, 6.45) is 1.59. The van der Waals surface area contributed by atoms with Crippen molar-refractivity contribution in [2.75, 3.05) is 0 Å². The van der Waals surface area contributed by atoms with Crippen LogP contribution in [-0.2, 0) is 0 Å². The molecule has 3 rings (SSSR count). The molecule has 21 heavy (non-hydrogen) atoms. The number of halogens is 1. The van der Waals surface area contributed by atoms with E-state index in [0.717, 1.165) is 11.5 Å². The van der Waals surface area contributed by atoms with Crippen molar-refractivity contribution >= 4 is 16.6 Å². The zero-order valence-corrected chi connectivity index (χ0v) is 10.7. The van der Waals surface area contributed by atoms with Gasteiger partial charge in [-0.2, -0.15) is 4.39 Å². The number of para-hydroxylation sites is 2. The molecule has 0 atom stereocenters. The van der Waals surface area contributed by atoms with Gasteiger partial charge in [0.1, 0.15) is 5.52 Å². The zero-order chi connectivity index (χ0) is 14.8. The van der Waals surface area contributed by atoms with Crippen molar-refractivity contribution in [3.05, 3.63) is 70.7 Å². The molecular weight excluding hydrogens is 275 g/mol. The van der Waals surface area contributed by atoms with Crippen molar-refractivity contribution in [1.82, 2.24) is 4.98 Å². The number of pyridine rings is 1. The fourth-order valence-electron chi connectivity index (χ4n) is 2.03. The predicted molar refractivity (Wildman–Crippen MR) is 74.9 cm³/mol. The Labute approximate surface area is 118 Å². The fourth-order valence-corrected chi connectivity index (χ4v) is 2.03. The second kappa shape index (κ2) is 5.16. The van der Waals surface area contributed by atoms with Gasteiger partial charge in [-0.05, 0) is 24.3 Å². The van der Waals surface area contributed by atoms with Gasteiger partial charge in [-0.15, -0.1) is 0 Å². The molecule has 0 radical (unpaired) electrons. The van der Waals surface area contributed by atoms with E-state index >= 15 is 0 Å². The zero-order valence-electron chi connectivity index (χ0n) is 10.7. The maximum atomic E-state index is 13.6. The highest BCUT2D eigenvalue weighted by Gasteiger charge is 2.22. The average molecular weight is 284 g/mol. The number of hydrogen-bond donors (Lipinski definition) is 0. The van der Waals surface area contributed by atoms with Crippen molar-refractivity contribution in [2.24, 2.45) is 0 Å². The van der Waals surface area contributed by atoms with Crippen LogP contribution in [0.25, 0.3) is 10.9 Å². The van der Waals surface area contributed by atoms with E-state index in [9.17, 15) is 14.5 Å². The van der Waals surface area contributed by atoms with E-state index in [1.54, 1.807) is 24.4 Å². The van der Waals surface area contributed by atoms with Crippen molar-refractivity contribution in [2.45, 2.75) is 0 Å². The highest BCUT2D eigenvalue weighted by molar-refractivity contribution is 5.84. The van der Waals surface area contributed by atoms with Crippen LogP contribution in [0.5, 0.6) is 11.5 Å². The van der Waals surface area contributed by atoms with Gasteiger partial charge in [-0.3, -0.25) is 15.1 Å². The van der Waals surface area contributed by atoms with E-state index in [1.807, 2.05) is 12.1 Å². The number of rotatable bonds is 3. The summed E-state index contributed by atoms with van der Waals surface area (Å²) in [5, 5.41) is 11.8. The van der Waals surface area contributed by atoms with E-state index in [-0.39, 0.29) is 5.75 Å². The third-order valence-corrected chi connectivity index (χ3v) is 2.95. The Morgan fingerprint density at radius 2 is 1.76 bits per heavy atom. The summed E-state index contributed by atoms with van der Waals surface area (Å²) in [5.74, 6) is -0.759. The highest BCUT2D eigenvalue weighted by Crippen LogP contribution is 2.35. The van der Waals surface area contributed by atoms with Gasteiger partial charge in [0.25, 0.3) is 0 Å². The van der Waals surface area contributed by atoms with Crippen LogP contribution >= 0.6 is 0 Å². The summed E-state index contributed by atoms with van der Waals surface area (Å²) in [5.41, 5.74) is -0.135. The first-order valence-corrected chi connectivity index (χ1v) is 6.11. The average Bonchev–Trinajstić information content (AvgIpc) is 2.47. The Morgan fingerprint density at radius 3 is 2.57 bits per heavy atom. The summed E-state index contributed by atoms with van der Waals surface area (Å²) in [6.45, 7) is 0. The Morgan fingerprint density at radius 1 is 1.05 bits per heavy atom. The molecule has 0 bridgehead atoms. The predicted octanol–water partition coefficient (Wildman–Crippen LogP) is 4.07. The molecule has 0 saturated carbocycles. The summed E-state index contributed by atoms with van der Waals surface area (Å²) < 4.78 is 19.1. The number of ether oxygens (including phenoxy) is 1. The van der Waals surface area contributed by atoms with Gasteiger partial charge in [0.05, 0.1) is 4.92 Å². The second-order valence-corrected chi connectivity index (χ2v) is 4.28. The molecule has 2 aromatic carbocycles. The van der Waals surface area contributed by atoms with Crippen LogP contribution in [0.15, 0.2) is 54.7 Å². The second-order valence-electron chi connectivity index (χ2n) is 4.28. The monoisotopic (exact) mass is 284 g/mol. The van der Waals surface area contributed by atoms with Gasteiger partial charge in [0, 0.05) is 11.6 Å². The smallest absolute Gasteiger partial charge is 0.346 e. The molecule has 0 unspecified atom stereocenters. The normalized spacial score (nSPS) is 10.5. The number of hydrogen-bond acceptors (Lipinski definition) is 4. The Kier molecular flexibility index (Phi) is 3.19. The first-order chi connectivity index (χ1) is 10.2. The Bertz CT molecular complexity index is 831. The number of nitro groups is 1. The molecule has 1 heterocycles. The van der Waals surface area contributed by atoms with E-state index in [2.05, 4.69) is 4.98 Å². The van der Waals surface area contributed by atoms with Gasteiger partial charge >= 0.3 is 5.69 Å². The van der Waals surface area contributed by atoms with E-state index in [1.165, 1.54) is 12.1 Å². The molecule has 6 heteroatoms. The molecule has 3 aromatic rings. The van der Waals surface area contributed by atoms with E-state index in [4.69, 9.17) is 4.74 Å². The van der Waals surface area contributed by atoms with Crippen LogP contribution in [0.1, 0.15) is 0 Å². The van der Waals surface area contributed by atoms with E-state index < -0.39 is 16.4 Å². The van der Waals surface area contributed by atoms with Crippen LogP contribution in [0, 0.1) is 15.9 Å². The SMILES string of the molecule is O=[N+]([O-])c1c(F)cccc1Oc1cccc2cccnc12. The number of fused-ring (bicyclic) bond motifs is 1. The molecule has 5 nitrogen and oxygen atoms in total. The lowest BCUT2D eigenvalue weighted by Gasteiger charge is -2.08. The van der Waals surface area contributed by atoms with Crippen molar-refractivity contribution in [3.8, 4) is 11.5 Å². The first-order valence-electron chi connectivity index (χ1n) is 6.11. The van der Waals surface area contributed by atoms with Gasteiger partial charge in [0.2, 0.25) is 11.6 Å². The number of nitrogens with zero attached hydrogens (tertiary/aromatic N) is 2. The van der Waals surface area contributed by atoms with Gasteiger partial charge < -0.3 is 4.74 Å². The molecule has 104 valence electrons. The van der Waals surface area contributed by atoms with Crippen LogP contribution in [0.2, 0.25) is 0 Å². The summed E-state index contributed by atoms with van der Waals surface area (Å²) in [4.78, 5) is 14.3. The maximum absolute atomic E-state index is 13.6. The largest absolute Gasteiger partial charge is 0.448 e. The lowest BCUT2D eigenvalue weighted by Crippen LogP contribution is -1.97. The molecule has 0 saturated heterocycles. The molecule has 0 fully saturated rings. The first kappa shape index (κ1) is 13.0. The topological polar surface area (TPSA) is 65.3 Å². The molecule has 0 N–H and O–H groups in total. The Hall–Kier alpha value is -3.02. The third kappa shape index (κ3) is 2.38. The van der Waals surface area contributed by atoms with Crippen LogP contribution in [-0.4, -0.2) is 9.91 Å². The maximum Gasteiger partial charge on any atom is 0.346 e. The molecule has 0 aliphatic rings. The number of nitro benzene ring substituents is 1. The van der Waals surface area contributed by atoms with Gasteiger partial charge in [-0.25, -0.2) is 0 Å². The van der Waals surface area contributed by atoms with Crippen LogP contribution in [0.3, 0.4) is 0 Å². The number of benzene rings is 2. The molecular formula is C15H9FN2O3. The Balaban J connectivity index is 2.12. The standard InChI is InChI=1S/C15H9FN2O3/c16-11-6-2-8-13(15(11)18(19)20)21-12-7-1-4-10-5-3-9-17-14(10)12/h1-9H. The van der Waals surface area contributed by atoms with E-state index in [0.29, 0.717) is 11.3 Å². The summed E-state index contributed by atoms with van der Waals surface area (Å²) >= 11 is 0. The van der Waals surface area contributed by atoms with Crippen LogP contribution in [0.4, 0.5) is 10.1 Å². The summed E-state index contributed by atoms with van der Waals surface area (Å²) in [7, 11) is 0. The fraction of sp³-hybridized carbons (Fsp3) is 0. The minimum absolute atomic E-state index is 0.154. The van der Waals surface area contributed by atoms with Gasteiger partial charge in [-0.1, -0.05) is 24.3 Å². The number of aromatic nitrogens is 1. The minimum atomic E-state index is -0.939. The molecule has 0 aliphatic heterocycles. The quantitative estimate of drug-likeness (QED) is 0.537. The molecule has 1 aromatic heterocycles. The molecule has 0 amide bonds. The van der Waals surface area contributed by atoms with Crippen molar-refractivity contribution < 1.29 is 14.1 Å². The third-order valence-electron chi connectivity index (χ3n) is 2.95. The lowest BCUT2D eigenvalue weighted by atomic mass is 10.2. The minimum Gasteiger partial charge on any atom is -0.448 e. The summed E-state index contributed by atoms with van der Waals surface area (Å²) in [6, 6.07) is 12.6.